The molecule has 1 aliphatic rings. The van der Waals surface area contributed by atoms with E-state index >= 15 is 0 Å². The van der Waals surface area contributed by atoms with E-state index < -0.39 is 0 Å². The Balaban J connectivity index is 1.77. The van der Waals surface area contributed by atoms with E-state index in [0.29, 0.717) is 0 Å². The lowest BCUT2D eigenvalue weighted by molar-refractivity contribution is 0.0923. The zero-order chi connectivity index (χ0) is 12.5. The van der Waals surface area contributed by atoms with Crippen LogP contribution in [0.4, 0.5) is 5.95 Å². The third kappa shape index (κ3) is 1.97. The van der Waals surface area contributed by atoms with E-state index in [1.54, 1.807) is 11.3 Å². The molecule has 2 aromatic heterocycles. The van der Waals surface area contributed by atoms with E-state index in [9.17, 15) is 4.79 Å². The molecule has 2 aromatic rings. The number of aromatic nitrogens is 3. The number of fused-ring (bicyclic) bond motifs is 1. The van der Waals surface area contributed by atoms with Crippen LogP contribution in [-0.4, -0.2) is 21.1 Å². The topological polar surface area (TPSA) is 96.7 Å². The monoisotopic (exact) mass is 263 g/mol. The van der Waals surface area contributed by atoms with Crippen LogP contribution in [-0.2, 0) is 6.42 Å². The van der Waals surface area contributed by atoms with Gasteiger partial charge >= 0.3 is 0 Å². The highest BCUT2D eigenvalue weighted by atomic mass is 32.1. The number of anilines is 1. The molecule has 94 valence electrons. The van der Waals surface area contributed by atoms with E-state index in [-0.39, 0.29) is 23.7 Å². The van der Waals surface area contributed by atoms with Crippen molar-refractivity contribution in [2.75, 3.05) is 5.73 Å². The first-order valence-electron chi connectivity index (χ1n) is 5.79. The zero-order valence-corrected chi connectivity index (χ0v) is 10.5. The Morgan fingerprint density at radius 3 is 3.28 bits per heavy atom. The Morgan fingerprint density at radius 1 is 1.61 bits per heavy atom. The van der Waals surface area contributed by atoms with Gasteiger partial charge in [-0.1, -0.05) is 0 Å². The van der Waals surface area contributed by atoms with Gasteiger partial charge < -0.3 is 11.1 Å². The lowest BCUT2D eigenvalue weighted by Crippen LogP contribution is -2.31. The molecule has 0 saturated carbocycles. The number of carbonyl (C=O) groups is 1. The van der Waals surface area contributed by atoms with Gasteiger partial charge in [-0.2, -0.15) is 4.98 Å². The molecule has 1 amide bonds. The summed E-state index contributed by atoms with van der Waals surface area (Å²) in [6.45, 7) is 0. The first-order chi connectivity index (χ1) is 8.74. The number of amides is 1. The minimum Gasteiger partial charge on any atom is -0.366 e. The van der Waals surface area contributed by atoms with Crippen molar-refractivity contribution in [1.82, 2.24) is 20.5 Å². The number of nitrogens with zero attached hydrogens (tertiary/aromatic N) is 2. The summed E-state index contributed by atoms with van der Waals surface area (Å²) in [4.78, 5) is 17.1. The first kappa shape index (κ1) is 11.2. The quantitative estimate of drug-likeness (QED) is 0.759. The van der Waals surface area contributed by atoms with Crippen molar-refractivity contribution >= 4 is 23.2 Å². The molecular formula is C11H13N5OS. The average molecular weight is 263 g/mol. The van der Waals surface area contributed by atoms with Crippen molar-refractivity contribution in [3.63, 3.8) is 0 Å². The van der Waals surface area contributed by atoms with Gasteiger partial charge in [0.2, 0.25) is 11.8 Å². The Labute approximate surface area is 108 Å². The molecule has 0 radical (unpaired) electrons. The largest absolute Gasteiger partial charge is 0.366 e. The molecule has 0 fully saturated rings. The molecule has 18 heavy (non-hydrogen) atoms. The number of nitrogens with one attached hydrogen (secondary N) is 2. The van der Waals surface area contributed by atoms with Gasteiger partial charge in [0, 0.05) is 4.88 Å². The molecule has 3 rings (SSSR count). The molecule has 0 aliphatic heterocycles. The van der Waals surface area contributed by atoms with Gasteiger partial charge in [-0.25, -0.2) is 0 Å². The van der Waals surface area contributed by atoms with Crippen LogP contribution in [0.1, 0.15) is 39.9 Å². The van der Waals surface area contributed by atoms with E-state index in [1.807, 2.05) is 0 Å². The molecule has 1 unspecified atom stereocenters. The summed E-state index contributed by atoms with van der Waals surface area (Å²) in [5.41, 5.74) is 6.61. The maximum Gasteiger partial charge on any atom is 0.289 e. The highest BCUT2D eigenvalue weighted by Gasteiger charge is 2.24. The second kappa shape index (κ2) is 4.41. The fourth-order valence-electron chi connectivity index (χ4n) is 2.24. The molecule has 1 aliphatic carbocycles. The van der Waals surface area contributed by atoms with Crippen LogP contribution >= 0.6 is 11.3 Å². The van der Waals surface area contributed by atoms with Crippen LogP contribution in [0.3, 0.4) is 0 Å². The van der Waals surface area contributed by atoms with E-state index in [1.165, 1.54) is 10.4 Å². The number of nitrogen functional groups attached to an aromatic ring is 1. The average Bonchev–Trinajstić information content (AvgIpc) is 2.97. The third-order valence-corrected chi connectivity index (χ3v) is 4.07. The van der Waals surface area contributed by atoms with Crippen molar-refractivity contribution in [3.8, 4) is 0 Å². The number of hydrogen-bond acceptors (Lipinski definition) is 5. The van der Waals surface area contributed by atoms with E-state index in [4.69, 9.17) is 5.73 Å². The number of H-pyrrole nitrogens is 1. The van der Waals surface area contributed by atoms with Crippen molar-refractivity contribution in [2.45, 2.75) is 25.3 Å². The number of hydrogen-bond donors (Lipinski definition) is 3. The van der Waals surface area contributed by atoms with Gasteiger partial charge in [0.15, 0.2) is 0 Å². The number of thiophene rings is 1. The fourth-order valence-corrected chi connectivity index (χ4v) is 3.23. The molecule has 1 atom stereocenters. The van der Waals surface area contributed by atoms with Crippen LogP contribution in [0.25, 0.3) is 0 Å². The highest BCUT2D eigenvalue weighted by Crippen LogP contribution is 2.33. The Hall–Kier alpha value is -1.89. The Kier molecular flexibility index (Phi) is 2.75. The summed E-state index contributed by atoms with van der Waals surface area (Å²) in [5.74, 6) is -0.0156. The minimum absolute atomic E-state index is 0.0684. The van der Waals surface area contributed by atoms with Crippen molar-refractivity contribution < 1.29 is 4.79 Å². The van der Waals surface area contributed by atoms with Gasteiger partial charge in [0.25, 0.3) is 5.91 Å². The van der Waals surface area contributed by atoms with Gasteiger partial charge in [0.05, 0.1) is 6.04 Å². The first-order valence-corrected chi connectivity index (χ1v) is 6.67. The van der Waals surface area contributed by atoms with Crippen LogP contribution in [0, 0.1) is 0 Å². The van der Waals surface area contributed by atoms with Gasteiger partial charge in [0.1, 0.15) is 0 Å². The second-order valence-corrected chi connectivity index (χ2v) is 5.26. The van der Waals surface area contributed by atoms with Crippen LogP contribution in [0.15, 0.2) is 11.4 Å². The second-order valence-electron chi connectivity index (χ2n) is 4.26. The number of rotatable bonds is 2. The van der Waals surface area contributed by atoms with E-state index in [2.05, 4.69) is 31.9 Å². The molecule has 2 heterocycles. The molecule has 0 saturated heterocycles. The van der Waals surface area contributed by atoms with Crippen molar-refractivity contribution in [2.24, 2.45) is 0 Å². The minimum atomic E-state index is -0.261. The number of carbonyl (C=O) groups excluding carboxylic acids is 1. The van der Waals surface area contributed by atoms with Crippen molar-refractivity contribution in [3.05, 3.63) is 27.7 Å². The van der Waals surface area contributed by atoms with Gasteiger partial charge in [-0.3, -0.25) is 9.89 Å². The zero-order valence-electron chi connectivity index (χ0n) is 9.64. The van der Waals surface area contributed by atoms with Crippen LogP contribution in [0.5, 0.6) is 0 Å². The number of nitrogens with two attached hydrogens (primary N) is 1. The summed E-state index contributed by atoms with van der Waals surface area (Å²) >= 11 is 1.75. The predicted octanol–water partition coefficient (Wildman–Crippen LogP) is 1.26. The molecule has 7 heteroatoms. The normalized spacial score (nSPS) is 18.3. The number of aryl methyl sites for hydroxylation is 1. The van der Waals surface area contributed by atoms with Crippen LogP contribution in [0.2, 0.25) is 0 Å². The molecule has 4 N–H and O–H groups in total. The third-order valence-electron chi connectivity index (χ3n) is 3.08. The molecule has 0 aromatic carbocycles. The van der Waals surface area contributed by atoms with Gasteiger partial charge in [-0.15, -0.1) is 16.4 Å². The van der Waals surface area contributed by atoms with E-state index in [0.717, 1.165) is 19.3 Å². The summed E-state index contributed by atoms with van der Waals surface area (Å²) in [7, 11) is 0. The molecule has 6 nitrogen and oxygen atoms in total. The van der Waals surface area contributed by atoms with Gasteiger partial charge in [-0.05, 0) is 36.3 Å². The lowest BCUT2D eigenvalue weighted by Gasteiger charge is -2.23. The van der Waals surface area contributed by atoms with Crippen LogP contribution < -0.4 is 11.1 Å². The smallest absolute Gasteiger partial charge is 0.289 e. The maximum atomic E-state index is 12.0. The summed E-state index contributed by atoms with van der Waals surface area (Å²) < 4.78 is 0. The Morgan fingerprint density at radius 2 is 2.50 bits per heavy atom. The standard InChI is InChI=1S/C11H13N5OS/c12-11-14-9(15-16-11)10(17)13-7-2-1-3-8-6(7)4-5-18-8/h4-5,7H,1-3H2,(H,13,17)(H3,12,14,15,16). The van der Waals surface area contributed by atoms with Crippen molar-refractivity contribution in [1.29, 1.82) is 0 Å². The molecule has 0 bridgehead atoms. The summed E-state index contributed by atoms with van der Waals surface area (Å²) in [6, 6.07) is 2.15. The summed E-state index contributed by atoms with van der Waals surface area (Å²) in [6.07, 6.45) is 3.16. The molecule has 0 spiro atoms. The maximum absolute atomic E-state index is 12.0. The molecular weight excluding hydrogens is 250 g/mol. The Bertz CT molecular complexity index is 576. The lowest BCUT2D eigenvalue weighted by atomic mass is 9.94. The fraction of sp³-hybridized carbons (Fsp3) is 0.364. The number of aromatic amines is 1. The highest BCUT2D eigenvalue weighted by molar-refractivity contribution is 7.10. The summed E-state index contributed by atoms with van der Waals surface area (Å²) in [5, 5.41) is 11.2. The predicted molar refractivity (Wildman–Crippen MR) is 68.3 cm³/mol. The SMILES string of the molecule is Nc1n[nH]c(C(=O)NC2CCCc3sccc32)n1.